The fourth-order valence-electron chi connectivity index (χ4n) is 1.21. The third kappa shape index (κ3) is 4.80. The fraction of sp³-hybridized carbons (Fsp3) is 0.364. The van der Waals surface area contributed by atoms with Crippen molar-refractivity contribution >= 4 is 58.1 Å². The number of hydrogen-bond donors (Lipinski definition) is 1. The molecule has 0 aliphatic carbocycles. The molecule has 0 aliphatic rings. The molecule has 1 rings (SSSR count). The molecule has 19 heavy (non-hydrogen) atoms. The second-order valence-corrected chi connectivity index (χ2v) is 6.43. The van der Waals surface area contributed by atoms with Crippen LogP contribution in [0.2, 0.25) is 0 Å². The zero-order valence-corrected chi connectivity index (χ0v) is 13.2. The number of amides is 2. The molecule has 4 nitrogen and oxygen atoms in total. The minimum absolute atomic E-state index is 0.489. The van der Waals surface area contributed by atoms with E-state index in [1.807, 2.05) is 0 Å². The molecule has 0 spiro atoms. The first-order chi connectivity index (χ1) is 8.75. The molecule has 2 amide bonds. The van der Waals surface area contributed by atoms with Crippen LogP contribution in [0.15, 0.2) is 24.3 Å². The lowest BCUT2D eigenvalue weighted by atomic mass is 10.3. The molecule has 106 valence electrons. The summed E-state index contributed by atoms with van der Waals surface area (Å²) in [6.07, 6.45) is 0. The lowest BCUT2D eigenvalue weighted by Gasteiger charge is -2.28. The van der Waals surface area contributed by atoms with E-state index in [0.29, 0.717) is 11.4 Å². The molecule has 0 aliphatic heterocycles. The van der Waals surface area contributed by atoms with Crippen LogP contribution in [-0.4, -0.2) is 34.4 Å². The molecular formula is C11H12Cl4N2O2. The van der Waals surface area contributed by atoms with Crippen LogP contribution in [0, 0.1) is 0 Å². The number of nitrogens with one attached hydrogen (secondary N) is 1. The van der Waals surface area contributed by atoms with Gasteiger partial charge in [0.05, 0.1) is 7.11 Å². The Balaban J connectivity index is 2.68. The Labute approximate surface area is 131 Å². The Bertz CT molecular complexity index is 433. The summed E-state index contributed by atoms with van der Waals surface area (Å²) in [4.78, 5) is 13.0. The van der Waals surface area contributed by atoms with Gasteiger partial charge in [-0.1, -0.05) is 46.4 Å². The minimum atomic E-state index is -1.77. The van der Waals surface area contributed by atoms with Crippen LogP contribution < -0.4 is 10.1 Å². The number of halogens is 4. The van der Waals surface area contributed by atoms with Gasteiger partial charge in [-0.2, -0.15) is 0 Å². The van der Waals surface area contributed by atoms with E-state index in [9.17, 15) is 4.79 Å². The van der Waals surface area contributed by atoms with Crippen LogP contribution in [0.25, 0.3) is 0 Å². The summed E-state index contributed by atoms with van der Waals surface area (Å²) in [7, 11) is 2.98. The molecule has 1 N–H and O–H groups in total. The highest BCUT2D eigenvalue weighted by Gasteiger charge is 2.36. The Kier molecular flexibility index (Phi) is 5.86. The Morgan fingerprint density at radius 1 is 1.32 bits per heavy atom. The monoisotopic (exact) mass is 344 g/mol. The SMILES string of the molecule is COc1ccc(NC(=O)N(C)C(Cl)C(Cl)(Cl)Cl)cc1. The number of alkyl halides is 4. The van der Waals surface area contributed by atoms with E-state index in [2.05, 4.69) is 5.32 Å². The van der Waals surface area contributed by atoms with E-state index in [0.717, 1.165) is 4.90 Å². The second kappa shape index (κ2) is 6.75. The molecule has 1 unspecified atom stereocenters. The zero-order valence-electron chi connectivity index (χ0n) is 10.2. The van der Waals surface area contributed by atoms with Crippen molar-refractivity contribution in [3.8, 4) is 5.75 Å². The molecule has 0 heterocycles. The van der Waals surface area contributed by atoms with Gasteiger partial charge in [0.25, 0.3) is 0 Å². The fourth-order valence-corrected chi connectivity index (χ4v) is 1.74. The largest absolute Gasteiger partial charge is 0.497 e. The third-order valence-electron chi connectivity index (χ3n) is 2.27. The standard InChI is InChI=1S/C11H12Cl4N2O2/c1-17(9(12)11(13,14)15)10(18)16-7-3-5-8(19-2)6-4-7/h3-6,9H,1-2H3,(H,16,18). The molecule has 0 saturated heterocycles. The van der Waals surface area contributed by atoms with Gasteiger partial charge >= 0.3 is 6.03 Å². The quantitative estimate of drug-likeness (QED) is 0.662. The highest BCUT2D eigenvalue weighted by atomic mass is 35.6. The van der Waals surface area contributed by atoms with Gasteiger partial charge in [0.2, 0.25) is 3.79 Å². The smallest absolute Gasteiger partial charge is 0.322 e. The molecule has 8 heteroatoms. The number of hydrogen-bond acceptors (Lipinski definition) is 2. The molecule has 1 atom stereocenters. The van der Waals surface area contributed by atoms with Gasteiger partial charge < -0.3 is 15.0 Å². The summed E-state index contributed by atoms with van der Waals surface area (Å²) in [5.74, 6) is 0.683. The van der Waals surface area contributed by atoms with E-state index < -0.39 is 15.3 Å². The van der Waals surface area contributed by atoms with Crippen molar-refractivity contribution in [2.24, 2.45) is 0 Å². The number of rotatable bonds is 3. The van der Waals surface area contributed by atoms with Gasteiger partial charge in [0.1, 0.15) is 5.75 Å². The first-order valence-corrected chi connectivity index (χ1v) is 6.71. The van der Waals surface area contributed by atoms with Gasteiger partial charge in [-0.3, -0.25) is 0 Å². The van der Waals surface area contributed by atoms with Gasteiger partial charge in [-0.05, 0) is 24.3 Å². The number of benzene rings is 1. The van der Waals surface area contributed by atoms with Gasteiger partial charge in [-0.25, -0.2) is 4.79 Å². The van der Waals surface area contributed by atoms with Crippen LogP contribution in [0.4, 0.5) is 10.5 Å². The first-order valence-electron chi connectivity index (χ1n) is 5.14. The molecule has 1 aromatic carbocycles. The van der Waals surface area contributed by atoms with Crippen molar-refractivity contribution in [2.45, 2.75) is 9.29 Å². The van der Waals surface area contributed by atoms with E-state index in [4.69, 9.17) is 51.1 Å². The maximum atomic E-state index is 11.9. The van der Waals surface area contributed by atoms with Crippen LogP contribution in [0.5, 0.6) is 5.75 Å². The lowest BCUT2D eigenvalue weighted by Crippen LogP contribution is -2.43. The summed E-state index contributed by atoms with van der Waals surface area (Å²) in [5, 5.41) is 2.62. The Hall–Kier alpha value is -0.550. The van der Waals surface area contributed by atoms with Crippen LogP contribution in [0.3, 0.4) is 0 Å². The van der Waals surface area contributed by atoms with E-state index >= 15 is 0 Å². The molecule has 0 saturated carbocycles. The van der Waals surface area contributed by atoms with Crippen molar-refractivity contribution in [3.05, 3.63) is 24.3 Å². The van der Waals surface area contributed by atoms with Crippen molar-refractivity contribution < 1.29 is 9.53 Å². The normalized spacial score (nSPS) is 12.7. The average molecular weight is 346 g/mol. The number of urea groups is 1. The van der Waals surface area contributed by atoms with Crippen molar-refractivity contribution in [3.63, 3.8) is 0 Å². The summed E-state index contributed by atoms with van der Waals surface area (Å²) in [6, 6.07) is 6.30. The number of methoxy groups -OCH3 is 1. The predicted molar refractivity (Wildman–Crippen MR) is 79.7 cm³/mol. The molecule has 1 aromatic rings. The summed E-state index contributed by atoms with van der Waals surface area (Å²) in [6.45, 7) is 0. The Morgan fingerprint density at radius 3 is 2.26 bits per heavy atom. The van der Waals surface area contributed by atoms with E-state index in [1.165, 1.54) is 7.05 Å². The number of ether oxygens (including phenoxy) is 1. The summed E-state index contributed by atoms with van der Waals surface area (Å²) >= 11 is 22.7. The number of anilines is 1. The Morgan fingerprint density at radius 2 is 1.84 bits per heavy atom. The summed E-state index contributed by atoms with van der Waals surface area (Å²) in [5.41, 5.74) is -0.512. The maximum absolute atomic E-state index is 11.9. The minimum Gasteiger partial charge on any atom is -0.497 e. The molecule has 0 aromatic heterocycles. The van der Waals surface area contributed by atoms with Gasteiger partial charge in [-0.15, -0.1) is 0 Å². The second-order valence-electron chi connectivity index (χ2n) is 3.65. The predicted octanol–water partition coefficient (Wildman–Crippen LogP) is 4.09. The number of carbonyl (C=O) groups is 1. The van der Waals surface area contributed by atoms with Crippen molar-refractivity contribution in [2.75, 3.05) is 19.5 Å². The van der Waals surface area contributed by atoms with Crippen LogP contribution in [-0.2, 0) is 0 Å². The number of carbonyl (C=O) groups excluding carboxylic acids is 1. The first kappa shape index (κ1) is 16.5. The molecule has 0 radical (unpaired) electrons. The van der Waals surface area contributed by atoms with Crippen molar-refractivity contribution in [1.82, 2.24) is 4.90 Å². The lowest BCUT2D eigenvalue weighted by molar-refractivity contribution is 0.218. The van der Waals surface area contributed by atoms with Crippen molar-refractivity contribution in [1.29, 1.82) is 0 Å². The van der Waals surface area contributed by atoms with Crippen LogP contribution in [0.1, 0.15) is 0 Å². The van der Waals surface area contributed by atoms with Gasteiger partial charge in [0, 0.05) is 12.7 Å². The molecule has 0 fully saturated rings. The van der Waals surface area contributed by atoms with Gasteiger partial charge in [0.15, 0.2) is 5.50 Å². The van der Waals surface area contributed by atoms with E-state index in [-0.39, 0.29) is 0 Å². The highest BCUT2D eigenvalue weighted by molar-refractivity contribution is 6.70. The average Bonchev–Trinajstić information content (AvgIpc) is 2.36. The molecular weight excluding hydrogens is 334 g/mol. The van der Waals surface area contributed by atoms with Crippen LogP contribution >= 0.6 is 46.4 Å². The topological polar surface area (TPSA) is 41.6 Å². The zero-order chi connectivity index (χ0) is 14.6. The van der Waals surface area contributed by atoms with E-state index in [1.54, 1.807) is 31.4 Å². The third-order valence-corrected chi connectivity index (χ3v) is 3.85. The number of nitrogens with zero attached hydrogens (tertiary/aromatic N) is 1. The summed E-state index contributed by atoms with van der Waals surface area (Å²) < 4.78 is 3.24. The highest BCUT2D eigenvalue weighted by Crippen LogP contribution is 2.35. The molecule has 0 bridgehead atoms. The maximum Gasteiger partial charge on any atom is 0.322 e.